The van der Waals surface area contributed by atoms with Gasteiger partial charge in [-0.3, -0.25) is 14.2 Å². The number of carbonyl (C=O) groups is 1. The molecule has 0 saturated heterocycles. The highest BCUT2D eigenvalue weighted by Crippen LogP contribution is 2.55. The standard InChI is InChI=1S/C27H27F4N3O2/c1-33(13-12-28)23-5-3-18-24(36)19(22(35)15-26-6-9-27(31,10-7-26)11-8-26)16-34(25(18)32-23)21-4-2-17(29)14-20(21)30/h2-5,14,16H,6-13,15H2,1H3. The van der Waals surface area contributed by atoms with Crippen LogP contribution in [0.25, 0.3) is 16.7 Å². The number of ketones is 1. The number of halogens is 4. The summed E-state index contributed by atoms with van der Waals surface area (Å²) in [5.74, 6) is -1.69. The van der Waals surface area contributed by atoms with Crippen LogP contribution in [-0.4, -0.2) is 41.3 Å². The third-order valence-corrected chi connectivity index (χ3v) is 7.96. The number of pyridine rings is 2. The zero-order valence-electron chi connectivity index (χ0n) is 20.0. The van der Waals surface area contributed by atoms with E-state index in [4.69, 9.17) is 0 Å². The molecule has 2 aromatic heterocycles. The fraction of sp³-hybridized carbons (Fsp3) is 0.444. The normalized spacial score (nSPS) is 23.2. The van der Waals surface area contributed by atoms with Crippen LogP contribution in [-0.2, 0) is 0 Å². The highest BCUT2D eigenvalue weighted by atomic mass is 19.1. The van der Waals surface area contributed by atoms with Gasteiger partial charge in [-0.1, -0.05) is 0 Å². The Balaban J connectivity index is 1.63. The van der Waals surface area contributed by atoms with Crippen molar-refractivity contribution in [2.45, 2.75) is 50.6 Å². The zero-order valence-corrected chi connectivity index (χ0v) is 20.0. The van der Waals surface area contributed by atoms with Crippen LogP contribution < -0.4 is 10.3 Å². The molecule has 0 spiro atoms. The van der Waals surface area contributed by atoms with E-state index in [1.54, 1.807) is 18.0 Å². The van der Waals surface area contributed by atoms with E-state index in [9.17, 15) is 27.2 Å². The molecule has 2 heterocycles. The van der Waals surface area contributed by atoms with Gasteiger partial charge in [0.05, 0.1) is 16.6 Å². The molecule has 3 aliphatic carbocycles. The molecular weight excluding hydrogens is 474 g/mol. The number of rotatable bonds is 7. The fourth-order valence-electron chi connectivity index (χ4n) is 5.62. The molecule has 2 bridgehead atoms. The number of anilines is 1. The summed E-state index contributed by atoms with van der Waals surface area (Å²) in [6.45, 7) is -0.555. The van der Waals surface area contributed by atoms with E-state index in [1.165, 1.54) is 22.9 Å². The lowest BCUT2D eigenvalue weighted by molar-refractivity contribution is -0.0350. The summed E-state index contributed by atoms with van der Waals surface area (Å²) >= 11 is 0. The van der Waals surface area contributed by atoms with Gasteiger partial charge in [-0.05, 0) is 68.2 Å². The van der Waals surface area contributed by atoms with Gasteiger partial charge < -0.3 is 4.90 Å². The Bertz CT molecular complexity index is 1380. The van der Waals surface area contributed by atoms with E-state index < -0.39 is 29.4 Å². The zero-order chi connectivity index (χ0) is 25.7. The summed E-state index contributed by atoms with van der Waals surface area (Å²) in [5, 5.41) is 0.0922. The summed E-state index contributed by atoms with van der Waals surface area (Å²) in [6, 6.07) is 6.03. The minimum atomic E-state index is -1.14. The second-order valence-corrected chi connectivity index (χ2v) is 10.2. The fourth-order valence-corrected chi connectivity index (χ4v) is 5.62. The van der Waals surface area contributed by atoms with Crippen LogP contribution >= 0.6 is 0 Å². The Morgan fingerprint density at radius 2 is 1.78 bits per heavy atom. The van der Waals surface area contributed by atoms with Gasteiger partial charge in [0.2, 0.25) is 5.43 Å². The first-order valence-electron chi connectivity index (χ1n) is 12.1. The van der Waals surface area contributed by atoms with E-state index in [-0.39, 0.29) is 46.4 Å². The molecule has 5 nitrogen and oxygen atoms in total. The number of hydrogen-bond acceptors (Lipinski definition) is 4. The van der Waals surface area contributed by atoms with Crippen molar-refractivity contribution >= 4 is 22.6 Å². The molecule has 0 unspecified atom stereocenters. The van der Waals surface area contributed by atoms with Gasteiger partial charge in [-0.25, -0.2) is 22.5 Å². The number of hydrogen-bond donors (Lipinski definition) is 0. The maximum Gasteiger partial charge on any atom is 0.201 e. The van der Waals surface area contributed by atoms with Crippen LogP contribution in [0.1, 0.15) is 55.3 Å². The van der Waals surface area contributed by atoms with Crippen molar-refractivity contribution in [3.05, 3.63) is 63.9 Å². The quantitative estimate of drug-likeness (QED) is 0.308. The minimum absolute atomic E-state index is 0.0620. The summed E-state index contributed by atoms with van der Waals surface area (Å²) in [7, 11) is 1.63. The minimum Gasteiger partial charge on any atom is -0.357 e. The summed E-state index contributed by atoms with van der Waals surface area (Å²) in [5.41, 5.74) is -2.14. The number of nitrogens with zero attached hydrogens (tertiary/aromatic N) is 3. The van der Waals surface area contributed by atoms with Crippen molar-refractivity contribution in [1.29, 1.82) is 0 Å². The molecular formula is C27H27F4N3O2. The first kappa shape index (κ1) is 24.5. The first-order valence-corrected chi connectivity index (χ1v) is 12.1. The molecule has 3 saturated carbocycles. The molecule has 0 N–H and O–H groups in total. The Kier molecular flexibility index (Phi) is 6.12. The van der Waals surface area contributed by atoms with Crippen LogP contribution in [0.5, 0.6) is 0 Å². The summed E-state index contributed by atoms with van der Waals surface area (Å²) < 4.78 is 57.3. The third kappa shape index (κ3) is 4.29. The van der Waals surface area contributed by atoms with Crippen LogP contribution in [0.3, 0.4) is 0 Å². The van der Waals surface area contributed by atoms with E-state index in [1.807, 2.05) is 0 Å². The van der Waals surface area contributed by atoms with Gasteiger partial charge in [0.1, 0.15) is 29.8 Å². The van der Waals surface area contributed by atoms with Crippen LogP contribution in [0, 0.1) is 17.0 Å². The number of aromatic nitrogens is 2. The first-order chi connectivity index (χ1) is 17.1. The van der Waals surface area contributed by atoms with Crippen LogP contribution in [0.4, 0.5) is 23.4 Å². The van der Waals surface area contributed by atoms with E-state index in [0.29, 0.717) is 50.4 Å². The van der Waals surface area contributed by atoms with E-state index >= 15 is 0 Å². The van der Waals surface area contributed by atoms with E-state index in [2.05, 4.69) is 4.98 Å². The van der Waals surface area contributed by atoms with Crippen molar-refractivity contribution in [2.75, 3.05) is 25.2 Å². The molecule has 0 atom stereocenters. The highest BCUT2D eigenvalue weighted by Gasteiger charge is 2.49. The molecule has 0 aliphatic heterocycles. The van der Waals surface area contributed by atoms with Gasteiger partial charge in [0.15, 0.2) is 11.4 Å². The third-order valence-electron chi connectivity index (χ3n) is 7.96. The SMILES string of the molecule is CN(CCF)c1ccc2c(=O)c(C(=O)CC34CCC(F)(CC3)CC4)cn(-c3ccc(F)cc3F)c2n1. The number of alkyl halides is 2. The molecule has 3 aliphatic rings. The predicted molar refractivity (Wildman–Crippen MR) is 129 cm³/mol. The molecule has 9 heteroatoms. The van der Waals surface area contributed by atoms with Crippen molar-refractivity contribution < 1.29 is 22.4 Å². The Morgan fingerprint density at radius 1 is 1.08 bits per heavy atom. The number of fused-ring (bicyclic) bond motifs is 4. The lowest BCUT2D eigenvalue weighted by Crippen LogP contribution is -2.44. The highest BCUT2D eigenvalue weighted by molar-refractivity contribution is 5.99. The second-order valence-electron chi connectivity index (χ2n) is 10.2. The average Bonchev–Trinajstić information content (AvgIpc) is 2.85. The number of carbonyl (C=O) groups excluding carboxylic acids is 1. The molecule has 36 heavy (non-hydrogen) atoms. The maximum absolute atomic E-state index is 14.9. The van der Waals surface area contributed by atoms with Gasteiger partial charge in [-0.2, -0.15) is 0 Å². The topological polar surface area (TPSA) is 55.2 Å². The number of benzene rings is 1. The van der Waals surface area contributed by atoms with Crippen LogP contribution in [0.15, 0.2) is 41.3 Å². The molecule has 0 amide bonds. The largest absolute Gasteiger partial charge is 0.357 e. The lowest BCUT2D eigenvalue weighted by atomic mass is 9.57. The molecule has 0 radical (unpaired) electrons. The molecule has 3 fully saturated rings. The second kappa shape index (κ2) is 9.01. The van der Waals surface area contributed by atoms with E-state index in [0.717, 1.165) is 6.07 Å². The van der Waals surface area contributed by atoms with Gasteiger partial charge in [-0.15, -0.1) is 0 Å². The molecule has 6 rings (SSSR count). The lowest BCUT2D eigenvalue weighted by Gasteiger charge is -2.49. The Labute approximate surface area is 205 Å². The average molecular weight is 502 g/mol. The van der Waals surface area contributed by atoms with Crippen molar-refractivity contribution in [3.63, 3.8) is 0 Å². The number of Topliss-reactive ketones (excluding diaryl/α,β-unsaturated/α-hetero) is 1. The van der Waals surface area contributed by atoms with Crippen LogP contribution in [0.2, 0.25) is 0 Å². The predicted octanol–water partition coefficient (Wildman–Crippen LogP) is 5.70. The maximum atomic E-state index is 14.9. The summed E-state index contributed by atoms with van der Waals surface area (Å²) in [4.78, 5) is 32.9. The van der Waals surface area contributed by atoms with Gasteiger partial charge in [0.25, 0.3) is 0 Å². The Morgan fingerprint density at radius 3 is 2.42 bits per heavy atom. The van der Waals surface area contributed by atoms with Crippen molar-refractivity contribution in [3.8, 4) is 5.69 Å². The smallest absolute Gasteiger partial charge is 0.201 e. The Hall–Kier alpha value is -3.23. The monoisotopic (exact) mass is 501 g/mol. The van der Waals surface area contributed by atoms with Crippen molar-refractivity contribution in [1.82, 2.24) is 9.55 Å². The van der Waals surface area contributed by atoms with Crippen molar-refractivity contribution in [2.24, 2.45) is 5.41 Å². The molecule has 190 valence electrons. The molecule has 3 aromatic rings. The van der Waals surface area contributed by atoms with Gasteiger partial charge in [0, 0.05) is 32.3 Å². The van der Waals surface area contributed by atoms with Gasteiger partial charge >= 0.3 is 0 Å². The summed E-state index contributed by atoms with van der Waals surface area (Å²) in [6.07, 6.45) is 4.41. The molecule has 1 aromatic carbocycles.